The molecule has 2 aliphatic heterocycles. The number of rotatable bonds is 6. The van der Waals surface area contributed by atoms with Gasteiger partial charge in [-0.1, -0.05) is 30.3 Å². The number of ether oxygens (including phenoxy) is 6. The third kappa shape index (κ3) is 5.12. The van der Waals surface area contributed by atoms with E-state index in [4.69, 9.17) is 28.4 Å². The highest BCUT2D eigenvalue weighted by molar-refractivity contribution is 5.90. The van der Waals surface area contributed by atoms with Crippen LogP contribution in [0, 0.1) is 0 Å². The van der Waals surface area contributed by atoms with Gasteiger partial charge in [-0.2, -0.15) is 0 Å². The maximum Gasteiger partial charge on any atom is 0.340 e. The van der Waals surface area contributed by atoms with Gasteiger partial charge in [-0.15, -0.1) is 0 Å². The zero-order valence-corrected chi connectivity index (χ0v) is 19.3. The van der Waals surface area contributed by atoms with Gasteiger partial charge in [0.25, 0.3) is 0 Å². The van der Waals surface area contributed by atoms with Crippen molar-refractivity contribution in [3.8, 4) is 0 Å². The van der Waals surface area contributed by atoms with Crippen LogP contribution in [0.2, 0.25) is 0 Å². The van der Waals surface area contributed by atoms with Crippen molar-refractivity contribution >= 4 is 11.9 Å². The first-order valence-corrected chi connectivity index (χ1v) is 11.4. The first-order valence-electron chi connectivity index (χ1n) is 11.4. The van der Waals surface area contributed by atoms with Crippen molar-refractivity contribution in [2.24, 2.45) is 0 Å². The fraction of sp³-hybridized carbons (Fsp3) is 0.308. The zero-order chi connectivity index (χ0) is 24.9. The van der Waals surface area contributed by atoms with Crippen molar-refractivity contribution in [2.75, 3.05) is 13.7 Å². The molecule has 36 heavy (non-hydrogen) atoms. The van der Waals surface area contributed by atoms with Crippen LogP contribution in [0.3, 0.4) is 0 Å². The lowest BCUT2D eigenvalue weighted by Gasteiger charge is -2.47. The monoisotopic (exact) mass is 492 g/mol. The SMILES string of the molecule is CO[C@H]1O[C@@H]2COC(c3ccccc3)O[C@H]2[C@H](OC(=O)c2cccnc2)[C@H]1OC(=O)c1cccnc1. The van der Waals surface area contributed by atoms with Crippen LogP contribution < -0.4 is 0 Å². The number of hydrogen-bond donors (Lipinski definition) is 0. The molecule has 0 amide bonds. The second kappa shape index (κ2) is 10.9. The zero-order valence-electron chi connectivity index (χ0n) is 19.3. The minimum absolute atomic E-state index is 0.147. The summed E-state index contributed by atoms with van der Waals surface area (Å²) in [5.74, 6) is -1.33. The lowest BCUT2D eigenvalue weighted by molar-refractivity contribution is -0.356. The van der Waals surface area contributed by atoms with E-state index in [-0.39, 0.29) is 17.7 Å². The van der Waals surface area contributed by atoms with E-state index in [0.29, 0.717) is 0 Å². The molecule has 1 aromatic carbocycles. The molecule has 2 saturated heterocycles. The van der Waals surface area contributed by atoms with E-state index in [1.54, 1.807) is 36.7 Å². The summed E-state index contributed by atoms with van der Waals surface area (Å²) in [4.78, 5) is 33.9. The summed E-state index contributed by atoms with van der Waals surface area (Å²) < 4.78 is 35.3. The molecule has 2 aliphatic rings. The van der Waals surface area contributed by atoms with Crippen molar-refractivity contribution in [1.82, 2.24) is 9.97 Å². The Kier molecular flexibility index (Phi) is 7.28. The van der Waals surface area contributed by atoms with Crippen molar-refractivity contribution in [3.63, 3.8) is 0 Å². The number of carbonyl (C=O) groups is 2. The number of aromatic nitrogens is 2. The Morgan fingerprint density at radius 1 is 0.833 bits per heavy atom. The summed E-state index contributed by atoms with van der Waals surface area (Å²) in [7, 11) is 1.41. The van der Waals surface area contributed by atoms with Gasteiger partial charge in [0.15, 0.2) is 24.8 Å². The molecule has 4 heterocycles. The topological polar surface area (TPSA) is 115 Å². The molecule has 0 bridgehead atoms. The summed E-state index contributed by atoms with van der Waals surface area (Å²) in [5, 5.41) is 0. The highest BCUT2D eigenvalue weighted by atomic mass is 16.8. The van der Waals surface area contributed by atoms with Gasteiger partial charge in [0, 0.05) is 37.5 Å². The van der Waals surface area contributed by atoms with Gasteiger partial charge in [0.2, 0.25) is 0 Å². The third-order valence-electron chi connectivity index (χ3n) is 5.87. The van der Waals surface area contributed by atoms with E-state index in [1.165, 1.54) is 19.5 Å². The molecular formula is C26H24N2O8. The summed E-state index contributed by atoms with van der Waals surface area (Å²) in [5.41, 5.74) is 1.24. The number of pyridine rings is 2. The molecule has 186 valence electrons. The van der Waals surface area contributed by atoms with Crippen LogP contribution in [0.4, 0.5) is 0 Å². The van der Waals surface area contributed by atoms with Crippen LogP contribution in [0.1, 0.15) is 32.6 Å². The largest absolute Gasteiger partial charge is 0.452 e. The number of fused-ring (bicyclic) bond motifs is 1. The smallest absolute Gasteiger partial charge is 0.340 e. The Bertz CT molecular complexity index is 1160. The Hall–Kier alpha value is -3.70. The molecule has 10 nitrogen and oxygen atoms in total. The third-order valence-corrected chi connectivity index (χ3v) is 5.87. The Labute approximate surface area is 207 Å². The Morgan fingerprint density at radius 3 is 2.06 bits per heavy atom. The molecule has 6 atom stereocenters. The second-order valence-electron chi connectivity index (χ2n) is 8.18. The van der Waals surface area contributed by atoms with Gasteiger partial charge in [0.05, 0.1) is 17.7 Å². The Balaban J connectivity index is 1.46. The van der Waals surface area contributed by atoms with Crippen molar-refractivity contribution in [1.29, 1.82) is 0 Å². The molecule has 1 unspecified atom stereocenters. The van der Waals surface area contributed by atoms with Crippen molar-refractivity contribution in [3.05, 3.63) is 96.1 Å². The quantitative estimate of drug-likeness (QED) is 0.476. The molecule has 0 radical (unpaired) electrons. The minimum Gasteiger partial charge on any atom is -0.452 e. The predicted molar refractivity (Wildman–Crippen MR) is 123 cm³/mol. The number of esters is 2. The lowest BCUT2D eigenvalue weighted by Crippen LogP contribution is -2.64. The van der Waals surface area contributed by atoms with E-state index in [0.717, 1.165) is 5.56 Å². The lowest BCUT2D eigenvalue weighted by atomic mass is 9.97. The number of hydrogen-bond acceptors (Lipinski definition) is 10. The van der Waals surface area contributed by atoms with Gasteiger partial charge in [-0.3, -0.25) is 9.97 Å². The predicted octanol–water partition coefficient (Wildman–Crippen LogP) is 2.71. The van der Waals surface area contributed by atoms with Gasteiger partial charge in [0.1, 0.15) is 12.2 Å². The molecule has 10 heteroatoms. The highest BCUT2D eigenvalue weighted by Crippen LogP contribution is 2.37. The molecule has 3 aromatic rings. The van der Waals surface area contributed by atoms with E-state index >= 15 is 0 Å². The molecule has 2 fully saturated rings. The number of benzene rings is 1. The van der Waals surface area contributed by atoms with Crippen molar-refractivity contribution in [2.45, 2.75) is 37.0 Å². The summed E-state index contributed by atoms with van der Waals surface area (Å²) >= 11 is 0. The number of nitrogens with zero attached hydrogens (tertiary/aromatic N) is 2. The van der Waals surface area contributed by atoms with Gasteiger partial charge < -0.3 is 28.4 Å². The second-order valence-corrected chi connectivity index (χ2v) is 8.18. The van der Waals surface area contributed by atoms with Crippen LogP contribution in [0.5, 0.6) is 0 Å². The van der Waals surface area contributed by atoms with Crippen LogP contribution >= 0.6 is 0 Å². The maximum absolute atomic E-state index is 13.1. The minimum atomic E-state index is -1.14. The van der Waals surface area contributed by atoms with Crippen LogP contribution in [0.15, 0.2) is 79.4 Å². The number of methoxy groups -OCH3 is 1. The average molecular weight is 492 g/mol. The van der Waals surface area contributed by atoms with E-state index in [9.17, 15) is 9.59 Å². The summed E-state index contributed by atoms with van der Waals surface area (Å²) in [6.45, 7) is 0.147. The van der Waals surface area contributed by atoms with Gasteiger partial charge in [-0.25, -0.2) is 9.59 Å². The normalized spacial score (nSPS) is 27.5. The fourth-order valence-electron chi connectivity index (χ4n) is 4.13. The van der Waals surface area contributed by atoms with Crippen LogP contribution in [0.25, 0.3) is 0 Å². The number of carbonyl (C=O) groups excluding carboxylic acids is 2. The van der Waals surface area contributed by atoms with Crippen LogP contribution in [-0.4, -0.2) is 66.3 Å². The van der Waals surface area contributed by atoms with E-state index in [2.05, 4.69) is 9.97 Å². The fourth-order valence-corrected chi connectivity index (χ4v) is 4.13. The molecule has 0 saturated carbocycles. The van der Waals surface area contributed by atoms with Crippen LogP contribution in [-0.2, 0) is 28.4 Å². The van der Waals surface area contributed by atoms with Crippen molar-refractivity contribution < 1.29 is 38.0 Å². The highest BCUT2D eigenvalue weighted by Gasteiger charge is 2.54. The first kappa shape index (κ1) is 24.0. The standard InChI is InChI=1S/C26H24N2O8/c1-31-26-22(35-24(30)18-10-6-12-28-14-18)21(34-23(29)17-9-5-11-27-13-17)20-19(33-26)15-32-25(36-20)16-7-3-2-4-8-16/h2-14,19-22,25-26H,15H2,1H3/t19-,20-,21+,22-,25?,26+/m1/s1. The summed E-state index contributed by atoms with van der Waals surface area (Å²) in [6.07, 6.45) is 0.413. The molecule has 2 aromatic heterocycles. The molecule has 0 N–H and O–H groups in total. The molecular weight excluding hydrogens is 468 g/mol. The Morgan fingerprint density at radius 2 is 1.47 bits per heavy atom. The van der Waals surface area contributed by atoms with E-state index in [1.807, 2.05) is 30.3 Å². The first-order chi connectivity index (χ1) is 17.6. The summed E-state index contributed by atoms with van der Waals surface area (Å²) in [6, 6.07) is 15.7. The van der Waals surface area contributed by atoms with Gasteiger partial charge >= 0.3 is 11.9 Å². The molecule has 5 rings (SSSR count). The van der Waals surface area contributed by atoms with Gasteiger partial charge in [-0.05, 0) is 24.3 Å². The van der Waals surface area contributed by atoms with E-state index < -0.39 is 48.9 Å². The molecule has 0 spiro atoms. The molecule has 0 aliphatic carbocycles. The average Bonchev–Trinajstić information content (AvgIpc) is 2.95. The maximum atomic E-state index is 13.1.